The van der Waals surface area contributed by atoms with Crippen LogP contribution in [0.2, 0.25) is 0 Å². The Morgan fingerprint density at radius 1 is 1.38 bits per heavy atom. The molecule has 21 heavy (non-hydrogen) atoms. The smallest absolute Gasteiger partial charge is 0.319 e. The Bertz CT molecular complexity index is 561. The molecule has 0 aromatic heterocycles. The summed E-state index contributed by atoms with van der Waals surface area (Å²) in [5.74, 6) is -1.25. The van der Waals surface area contributed by atoms with Gasteiger partial charge in [0.1, 0.15) is 5.82 Å². The van der Waals surface area contributed by atoms with Gasteiger partial charge in [0.2, 0.25) is 0 Å². The molecular formula is C14H16BrFN2O3. The molecule has 0 unspecified atom stereocenters. The van der Waals surface area contributed by atoms with Gasteiger partial charge in [0, 0.05) is 12.2 Å². The average Bonchev–Trinajstić information content (AvgIpc) is 2.36. The number of halogens is 2. The number of amides is 2. The highest BCUT2D eigenvalue weighted by molar-refractivity contribution is 9.10. The lowest BCUT2D eigenvalue weighted by Crippen LogP contribution is -2.44. The second-order valence-corrected chi connectivity index (χ2v) is 6.21. The van der Waals surface area contributed by atoms with Crippen LogP contribution in [-0.2, 0) is 4.79 Å². The molecule has 1 aromatic carbocycles. The van der Waals surface area contributed by atoms with Gasteiger partial charge in [-0.05, 0) is 52.4 Å². The van der Waals surface area contributed by atoms with E-state index in [9.17, 15) is 14.0 Å². The van der Waals surface area contributed by atoms with Gasteiger partial charge in [-0.2, -0.15) is 0 Å². The molecule has 114 valence electrons. The number of benzene rings is 1. The molecule has 5 nitrogen and oxygen atoms in total. The molecule has 1 fully saturated rings. The Morgan fingerprint density at radius 3 is 2.62 bits per heavy atom. The van der Waals surface area contributed by atoms with E-state index in [2.05, 4.69) is 26.6 Å². The summed E-state index contributed by atoms with van der Waals surface area (Å²) in [7, 11) is 0. The first-order valence-electron chi connectivity index (χ1n) is 6.62. The van der Waals surface area contributed by atoms with Crippen LogP contribution in [0.1, 0.15) is 25.7 Å². The maximum Gasteiger partial charge on any atom is 0.319 e. The Labute approximate surface area is 130 Å². The molecule has 3 N–H and O–H groups in total. The molecule has 2 rings (SSSR count). The van der Waals surface area contributed by atoms with Crippen molar-refractivity contribution < 1.29 is 19.1 Å². The number of urea groups is 1. The van der Waals surface area contributed by atoms with Crippen molar-refractivity contribution in [3.63, 3.8) is 0 Å². The Morgan fingerprint density at radius 2 is 2.10 bits per heavy atom. The number of carbonyl (C=O) groups is 2. The van der Waals surface area contributed by atoms with Crippen LogP contribution < -0.4 is 10.6 Å². The summed E-state index contributed by atoms with van der Waals surface area (Å²) in [6, 6.07) is 3.74. The van der Waals surface area contributed by atoms with Crippen molar-refractivity contribution in [2.75, 3.05) is 11.9 Å². The van der Waals surface area contributed by atoms with Gasteiger partial charge < -0.3 is 15.7 Å². The molecule has 2 amide bonds. The minimum Gasteiger partial charge on any atom is -0.481 e. The molecular weight excluding hydrogens is 343 g/mol. The van der Waals surface area contributed by atoms with E-state index in [0.29, 0.717) is 12.2 Å². The highest BCUT2D eigenvalue weighted by Crippen LogP contribution is 2.43. The largest absolute Gasteiger partial charge is 0.481 e. The minimum atomic E-state index is -0.848. The Hall–Kier alpha value is -1.63. The van der Waals surface area contributed by atoms with Gasteiger partial charge in [-0.1, -0.05) is 6.42 Å². The van der Waals surface area contributed by atoms with E-state index >= 15 is 0 Å². The third kappa shape index (κ3) is 4.17. The highest BCUT2D eigenvalue weighted by atomic mass is 79.9. The number of carboxylic acids is 1. The van der Waals surface area contributed by atoms with Crippen molar-refractivity contribution in [1.82, 2.24) is 5.32 Å². The number of carboxylic acid groups (broad SMARTS) is 1. The van der Waals surface area contributed by atoms with E-state index in [4.69, 9.17) is 5.11 Å². The molecule has 0 saturated heterocycles. The van der Waals surface area contributed by atoms with Crippen LogP contribution in [0, 0.1) is 11.2 Å². The number of nitrogens with one attached hydrogen (secondary N) is 2. The van der Waals surface area contributed by atoms with Gasteiger partial charge in [-0.3, -0.25) is 4.79 Å². The number of hydrogen-bond acceptors (Lipinski definition) is 2. The number of rotatable bonds is 5. The normalized spacial score (nSPS) is 15.9. The second kappa shape index (κ2) is 6.43. The van der Waals surface area contributed by atoms with Crippen molar-refractivity contribution in [1.29, 1.82) is 0 Å². The standard InChI is InChI=1S/C14H16BrFN2O3/c15-10-6-9(2-3-11(10)16)18-13(21)17-8-14(4-1-5-14)7-12(19)20/h2-3,6H,1,4-5,7-8H2,(H,19,20)(H2,17,18,21). The highest BCUT2D eigenvalue weighted by Gasteiger charge is 2.39. The van der Waals surface area contributed by atoms with E-state index in [0.717, 1.165) is 19.3 Å². The van der Waals surface area contributed by atoms with Gasteiger partial charge >= 0.3 is 12.0 Å². The van der Waals surface area contributed by atoms with Crippen LogP contribution >= 0.6 is 15.9 Å². The summed E-state index contributed by atoms with van der Waals surface area (Å²) in [5, 5.41) is 14.2. The predicted molar refractivity (Wildman–Crippen MR) is 79.7 cm³/mol. The van der Waals surface area contributed by atoms with Gasteiger partial charge in [-0.15, -0.1) is 0 Å². The molecule has 0 aliphatic heterocycles. The lowest BCUT2D eigenvalue weighted by molar-refractivity contribution is -0.141. The molecule has 1 aliphatic carbocycles. The van der Waals surface area contributed by atoms with Crippen molar-refractivity contribution >= 4 is 33.6 Å². The van der Waals surface area contributed by atoms with Crippen molar-refractivity contribution in [2.24, 2.45) is 5.41 Å². The lowest BCUT2D eigenvalue weighted by Gasteiger charge is -2.40. The molecule has 1 saturated carbocycles. The van der Waals surface area contributed by atoms with Crippen molar-refractivity contribution in [2.45, 2.75) is 25.7 Å². The summed E-state index contributed by atoms with van der Waals surface area (Å²) in [5.41, 5.74) is 0.133. The van der Waals surface area contributed by atoms with E-state index in [1.54, 1.807) is 0 Å². The average molecular weight is 359 g/mol. The van der Waals surface area contributed by atoms with Gasteiger partial charge in [0.05, 0.1) is 10.9 Å². The van der Waals surface area contributed by atoms with Crippen LogP contribution in [-0.4, -0.2) is 23.7 Å². The van der Waals surface area contributed by atoms with Crippen LogP contribution in [0.15, 0.2) is 22.7 Å². The Balaban J connectivity index is 1.87. The number of anilines is 1. The summed E-state index contributed by atoms with van der Waals surface area (Å²) in [4.78, 5) is 22.6. The minimum absolute atomic E-state index is 0.0649. The van der Waals surface area contributed by atoms with E-state index < -0.39 is 17.8 Å². The molecule has 1 aliphatic rings. The molecule has 0 radical (unpaired) electrons. The maximum atomic E-state index is 13.1. The molecule has 0 heterocycles. The predicted octanol–water partition coefficient (Wildman–Crippen LogP) is 3.35. The van der Waals surface area contributed by atoms with E-state index in [1.165, 1.54) is 18.2 Å². The number of carbonyl (C=O) groups excluding carboxylic acids is 1. The molecule has 1 aromatic rings. The zero-order chi connectivity index (χ0) is 15.5. The first kappa shape index (κ1) is 15.8. The van der Waals surface area contributed by atoms with Crippen LogP contribution in [0.4, 0.5) is 14.9 Å². The van der Waals surface area contributed by atoms with Crippen molar-refractivity contribution in [3.05, 3.63) is 28.5 Å². The van der Waals surface area contributed by atoms with E-state index in [-0.39, 0.29) is 16.3 Å². The first-order valence-corrected chi connectivity index (χ1v) is 7.41. The SMILES string of the molecule is O=C(O)CC1(CNC(=O)Nc2ccc(F)c(Br)c2)CCC1. The fraction of sp³-hybridized carbons (Fsp3) is 0.429. The van der Waals surface area contributed by atoms with Crippen LogP contribution in [0.3, 0.4) is 0 Å². The summed E-state index contributed by atoms with van der Waals surface area (Å²) >= 11 is 3.04. The first-order chi connectivity index (χ1) is 9.90. The fourth-order valence-electron chi connectivity index (χ4n) is 2.43. The second-order valence-electron chi connectivity index (χ2n) is 5.36. The van der Waals surface area contributed by atoms with Gasteiger partial charge in [0.15, 0.2) is 0 Å². The number of aliphatic carboxylic acids is 1. The monoisotopic (exact) mass is 358 g/mol. The summed E-state index contributed by atoms with van der Waals surface area (Å²) in [6.07, 6.45) is 2.67. The Kier molecular flexibility index (Phi) is 4.82. The lowest BCUT2D eigenvalue weighted by atomic mass is 9.66. The van der Waals surface area contributed by atoms with Crippen molar-refractivity contribution in [3.8, 4) is 0 Å². The molecule has 0 bridgehead atoms. The third-order valence-corrected chi connectivity index (χ3v) is 4.35. The third-order valence-electron chi connectivity index (χ3n) is 3.74. The van der Waals surface area contributed by atoms with Crippen LogP contribution in [0.5, 0.6) is 0 Å². The zero-order valence-electron chi connectivity index (χ0n) is 11.3. The fourth-order valence-corrected chi connectivity index (χ4v) is 2.81. The molecule has 0 spiro atoms. The van der Waals surface area contributed by atoms with Gasteiger partial charge in [-0.25, -0.2) is 9.18 Å². The number of hydrogen-bond donors (Lipinski definition) is 3. The summed E-state index contributed by atoms with van der Waals surface area (Å²) in [6.45, 7) is 0.327. The molecule has 0 atom stereocenters. The van der Waals surface area contributed by atoms with Crippen LogP contribution in [0.25, 0.3) is 0 Å². The zero-order valence-corrected chi connectivity index (χ0v) is 12.9. The van der Waals surface area contributed by atoms with E-state index in [1.807, 2.05) is 0 Å². The topological polar surface area (TPSA) is 78.4 Å². The quantitative estimate of drug-likeness (QED) is 0.754. The summed E-state index contributed by atoms with van der Waals surface area (Å²) < 4.78 is 13.3. The molecule has 7 heteroatoms. The maximum absolute atomic E-state index is 13.1. The van der Waals surface area contributed by atoms with Gasteiger partial charge in [0.25, 0.3) is 0 Å².